The molecule has 4 aromatic rings. The Bertz CT molecular complexity index is 1650. The van der Waals surface area contributed by atoms with Gasteiger partial charge >= 0.3 is 12.2 Å². The summed E-state index contributed by atoms with van der Waals surface area (Å²) >= 11 is 0. The summed E-state index contributed by atoms with van der Waals surface area (Å²) in [5, 5.41) is 11.4. The molecule has 50 heavy (non-hydrogen) atoms. The molecule has 1 heterocycles. The summed E-state index contributed by atoms with van der Waals surface area (Å²) in [5.74, 6) is -1.42. The van der Waals surface area contributed by atoms with Crippen molar-refractivity contribution < 1.29 is 37.4 Å². The van der Waals surface area contributed by atoms with Crippen molar-refractivity contribution in [2.75, 3.05) is 32.2 Å². The molecule has 1 aliphatic rings. The van der Waals surface area contributed by atoms with Crippen LogP contribution in [0.1, 0.15) is 28.2 Å². The molecule has 0 aliphatic carbocycles. The van der Waals surface area contributed by atoms with Crippen molar-refractivity contribution in [3.8, 4) is 0 Å². The van der Waals surface area contributed by atoms with Gasteiger partial charge in [-0.2, -0.15) is 0 Å². The van der Waals surface area contributed by atoms with Crippen LogP contribution >= 0.6 is 0 Å². The number of alkyl halides is 1. The molecule has 0 aromatic heterocycles. The minimum Gasteiger partial charge on any atom is -0.453 e. The molecular formula is C38H40F2N4O6. The van der Waals surface area contributed by atoms with Crippen LogP contribution in [0.4, 0.5) is 24.1 Å². The fourth-order valence-electron chi connectivity index (χ4n) is 5.74. The van der Waals surface area contributed by atoms with E-state index in [0.717, 1.165) is 16.7 Å². The van der Waals surface area contributed by atoms with E-state index in [-0.39, 0.29) is 44.6 Å². The molecule has 3 amide bonds. The van der Waals surface area contributed by atoms with E-state index < -0.39 is 42.3 Å². The quantitative estimate of drug-likeness (QED) is 0.147. The molecule has 262 valence electrons. The Kier molecular flexibility index (Phi) is 12.9. The lowest BCUT2D eigenvalue weighted by Crippen LogP contribution is -2.52. The first-order valence-corrected chi connectivity index (χ1v) is 16.3. The Labute approximate surface area is 289 Å². The molecule has 4 N–H and O–H groups in total. The predicted octanol–water partition coefficient (Wildman–Crippen LogP) is 5.48. The van der Waals surface area contributed by atoms with Crippen molar-refractivity contribution in [1.82, 2.24) is 16.0 Å². The number of morpholine rings is 1. The lowest BCUT2D eigenvalue weighted by Gasteiger charge is -2.32. The number of carbonyl (C=O) groups excluding carboxylic acids is 3. The highest BCUT2D eigenvalue weighted by Crippen LogP contribution is 2.30. The topological polar surface area (TPSA) is 127 Å². The Morgan fingerprint density at radius 2 is 1.52 bits per heavy atom. The SMILES string of the molecule is COC(=O)N[C@H](C(=O)Nc1ccccc1CC(F)[C@@H]1CN[C@H](COC(=O)NCc2ccc(F)cc2)CO1)C(c1ccccc1)c1ccccc1. The van der Waals surface area contributed by atoms with Crippen molar-refractivity contribution in [2.24, 2.45) is 0 Å². The number of amides is 3. The summed E-state index contributed by atoms with van der Waals surface area (Å²) in [6.45, 7) is 0.504. The summed E-state index contributed by atoms with van der Waals surface area (Å²) in [7, 11) is 1.23. The van der Waals surface area contributed by atoms with Gasteiger partial charge in [0.1, 0.15) is 30.7 Å². The number of hydrogen-bond acceptors (Lipinski definition) is 7. The number of halogens is 2. The highest BCUT2D eigenvalue weighted by Gasteiger charge is 2.34. The van der Waals surface area contributed by atoms with Crippen LogP contribution in [0.5, 0.6) is 0 Å². The molecule has 0 saturated carbocycles. The number of para-hydroxylation sites is 1. The van der Waals surface area contributed by atoms with E-state index in [0.29, 0.717) is 11.3 Å². The third kappa shape index (κ3) is 10.1. The minimum absolute atomic E-state index is 0.0154. The van der Waals surface area contributed by atoms with E-state index in [9.17, 15) is 18.8 Å². The maximum Gasteiger partial charge on any atom is 0.407 e. The van der Waals surface area contributed by atoms with E-state index >= 15 is 4.39 Å². The van der Waals surface area contributed by atoms with Gasteiger partial charge in [-0.3, -0.25) is 4.79 Å². The van der Waals surface area contributed by atoms with Gasteiger partial charge in [-0.1, -0.05) is 91.0 Å². The minimum atomic E-state index is -1.42. The summed E-state index contributed by atoms with van der Waals surface area (Å²) in [6.07, 6.45) is -3.66. The molecule has 0 spiro atoms. The van der Waals surface area contributed by atoms with Crippen molar-refractivity contribution in [1.29, 1.82) is 0 Å². The molecule has 5 rings (SSSR count). The van der Waals surface area contributed by atoms with Crippen LogP contribution < -0.4 is 21.3 Å². The number of anilines is 1. The predicted molar refractivity (Wildman–Crippen MR) is 184 cm³/mol. The monoisotopic (exact) mass is 686 g/mol. The van der Waals surface area contributed by atoms with Gasteiger partial charge in [0.05, 0.1) is 19.8 Å². The first-order valence-electron chi connectivity index (χ1n) is 16.3. The van der Waals surface area contributed by atoms with Crippen LogP contribution in [0.2, 0.25) is 0 Å². The zero-order valence-electron chi connectivity index (χ0n) is 27.5. The Morgan fingerprint density at radius 1 is 0.880 bits per heavy atom. The van der Waals surface area contributed by atoms with Gasteiger partial charge in [0.2, 0.25) is 5.91 Å². The first kappa shape index (κ1) is 36.0. The third-order valence-corrected chi connectivity index (χ3v) is 8.37. The lowest BCUT2D eigenvalue weighted by molar-refractivity contribution is -0.118. The second-order valence-electron chi connectivity index (χ2n) is 11.8. The smallest absolute Gasteiger partial charge is 0.407 e. The van der Waals surface area contributed by atoms with Gasteiger partial charge in [-0.15, -0.1) is 0 Å². The molecule has 10 nitrogen and oxygen atoms in total. The summed E-state index contributed by atoms with van der Waals surface area (Å²) in [6, 6.07) is 30.0. The number of alkyl carbamates (subject to hydrolysis) is 2. The van der Waals surface area contributed by atoms with Crippen LogP contribution in [-0.4, -0.2) is 69.3 Å². The number of carbonyl (C=O) groups is 3. The van der Waals surface area contributed by atoms with E-state index in [1.165, 1.54) is 19.2 Å². The van der Waals surface area contributed by atoms with Gasteiger partial charge < -0.3 is 35.5 Å². The van der Waals surface area contributed by atoms with Crippen LogP contribution in [0.3, 0.4) is 0 Å². The molecule has 1 saturated heterocycles. The normalized spacial score (nSPS) is 16.9. The van der Waals surface area contributed by atoms with Crippen LogP contribution in [-0.2, 0) is 32.0 Å². The second kappa shape index (κ2) is 17.9. The fourth-order valence-corrected chi connectivity index (χ4v) is 5.74. The molecule has 1 unspecified atom stereocenters. The number of rotatable bonds is 13. The Morgan fingerprint density at radius 3 is 2.14 bits per heavy atom. The van der Waals surface area contributed by atoms with Crippen molar-refractivity contribution in [3.05, 3.63) is 137 Å². The number of ether oxygens (including phenoxy) is 3. The largest absolute Gasteiger partial charge is 0.453 e. The van der Waals surface area contributed by atoms with Gasteiger partial charge in [-0.05, 0) is 40.5 Å². The van der Waals surface area contributed by atoms with E-state index in [1.54, 1.807) is 36.4 Å². The Hall–Kier alpha value is -5.33. The van der Waals surface area contributed by atoms with Crippen LogP contribution in [0.15, 0.2) is 109 Å². The molecule has 12 heteroatoms. The van der Waals surface area contributed by atoms with Crippen molar-refractivity contribution in [3.63, 3.8) is 0 Å². The second-order valence-corrected chi connectivity index (χ2v) is 11.8. The number of methoxy groups -OCH3 is 1. The highest BCUT2D eigenvalue weighted by atomic mass is 19.1. The zero-order valence-corrected chi connectivity index (χ0v) is 27.5. The molecule has 0 radical (unpaired) electrons. The number of nitrogens with one attached hydrogen (secondary N) is 4. The zero-order chi connectivity index (χ0) is 35.3. The van der Waals surface area contributed by atoms with Crippen molar-refractivity contribution >= 4 is 23.8 Å². The van der Waals surface area contributed by atoms with Gasteiger partial charge in [0.15, 0.2) is 0 Å². The maximum atomic E-state index is 15.7. The summed E-state index contributed by atoms with van der Waals surface area (Å²) in [4.78, 5) is 38.6. The molecule has 0 bridgehead atoms. The van der Waals surface area contributed by atoms with Crippen molar-refractivity contribution in [2.45, 2.75) is 43.2 Å². The maximum absolute atomic E-state index is 15.7. The van der Waals surface area contributed by atoms with E-state index in [4.69, 9.17) is 14.2 Å². The standard InChI is InChI=1S/C38H40F2N4O6/c1-48-38(47)44-35(34(26-10-4-2-5-11-26)27-12-6-3-7-13-27)36(45)43-32-15-9-8-14-28(32)20-31(40)33-22-41-30(23-49-33)24-50-37(46)42-21-25-16-18-29(39)19-17-25/h2-19,30-31,33-35,41H,20-24H2,1H3,(H,42,46)(H,43,45)(H,44,47)/t30-,31?,33-,35-/m0/s1. The first-order chi connectivity index (χ1) is 24.3. The molecule has 4 atom stereocenters. The number of hydrogen-bond donors (Lipinski definition) is 4. The lowest BCUT2D eigenvalue weighted by atomic mass is 9.84. The average molecular weight is 687 g/mol. The molecule has 1 fully saturated rings. The fraction of sp³-hybridized carbons (Fsp3) is 0.289. The van der Waals surface area contributed by atoms with E-state index in [1.807, 2.05) is 60.7 Å². The van der Waals surface area contributed by atoms with Crippen LogP contribution in [0, 0.1) is 5.82 Å². The average Bonchev–Trinajstić information content (AvgIpc) is 3.15. The number of benzene rings is 4. The van der Waals surface area contributed by atoms with Gasteiger partial charge in [-0.25, -0.2) is 18.4 Å². The van der Waals surface area contributed by atoms with Gasteiger partial charge in [0.25, 0.3) is 0 Å². The molecule has 1 aliphatic heterocycles. The highest BCUT2D eigenvalue weighted by molar-refractivity contribution is 5.98. The Balaban J connectivity index is 1.18. The summed E-state index contributed by atoms with van der Waals surface area (Å²) in [5.41, 5.74) is 3.29. The van der Waals surface area contributed by atoms with E-state index in [2.05, 4.69) is 21.3 Å². The molecule has 4 aromatic carbocycles. The van der Waals surface area contributed by atoms with Gasteiger partial charge in [0, 0.05) is 31.1 Å². The van der Waals surface area contributed by atoms with Crippen LogP contribution in [0.25, 0.3) is 0 Å². The summed E-state index contributed by atoms with van der Waals surface area (Å²) < 4.78 is 44.7. The molecular weight excluding hydrogens is 646 g/mol. The third-order valence-electron chi connectivity index (χ3n) is 8.37.